The molecule has 1 aromatic rings. The highest BCUT2D eigenvalue weighted by Crippen LogP contribution is 2.23. The number of nitrogens with zero attached hydrogens (tertiary/aromatic N) is 1. The molecule has 0 bridgehead atoms. The summed E-state index contributed by atoms with van der Waals surface area (Å²) in [6.07, 6.45) is 0.845. The summed E-state index contributed by atoms with van der Waals surface area (Å²) in [6.45, 7) is 2.98. The summed E-state index contributed by atoms with van der Waals surface area (Å²) in [5.74, 6) is 0.579. The van der Waals surface area contributed by atoms with E-state index in [-0.39, 0.29) is 24.7 Å². The van der Waals surface area contributed by atoms with Crippen molar-refractivity contribution in [3.8, 4) is 5.75 Å². The average molecular weight is 328 g/mol. The number of aryl methyl sites for hydroxylation is 1. The molecule has 0 spiro atoms. The topological polar surface area (TPSA) is 48.0 Å². The summed E-state index contributed by atoms with van der Waals surface area (Å²) in [6, 6.07) is 5.39. The van der Waals surface area contributed by atoms with Crippen LogP contribution in [0.1, 0.15) is 12.0 Å². The molecule has 1 saturated heterocycles. The Morgan fingerprint density at radius 3 is 2.82 bits per heavy atom. The van der Waals surface area contributed by atoms with E-state index < -0.39 is 0 Å². The van der Waals surface area contributed by atoms with E-state index in [9.17, 15) is 4.79 Å². The Kier molecular flexibility index (Phi) is 6.06. The largest absolute Gasteiger partial charge is 0.484 e. The molecular formula is C16H22ClNO4. The number of halogens is 1. The van der Waals surface area contributed by atoms with Crippen LogP contribution in [-0.2, 0) is 14.3 Å². The second-order valence-electron chi connectivity index (χ2n) is 5.45. The number of rotatable bonds is 6. The van der Waals surface area contributed by atoms with Crippen LogP contribution in [0.5, 0.6) is 5.75 Å². The maximum atomic E-state index is 12.4. The molecule has 2 atom stereocenters. The van der Waals surface area contributed by atoms with Gasteiger partial charge < -0.3 is 19.1 Å². The van der Waals surface area contributed by atoms with Gasteiger partial charge in [-0.1, -0.05) is 11.6 Å². The van der Waals surface area contributed by atoms with E-state index >= 15 is 0 Å². The third kappa shape index (κ3) is 4.12. The third-order valence-electron chi connectivity index (χ3n) is 3.88. The Morgan fingerprint density at radius 2 is 2.18 bits per heavy atom. The molecule has 0 saturated carbocycles. The quantitative estimate of drug-likeness (QED) is 0.804. The van der Waals surface area contributed by atoms with Crippen LogP contribution in [0.4, 0.5) is 0 Å². The number of likely N-dealkylation sites (tertiary alicyclic amines) is 1. The zero-order valence-electron chi connectivity index (χ0n) is 13.2. The Hall–Kier alpha value is -1.30. The van der Waals surface area contributed by atoms with Crippen molar-refractivity contribution in [3.63, 3.8) is 0 Å². The summed E-state index contributed by atoms with van der Waals surface area (Å²) < 4.78 is 16.1. The fraction of sp³-hybridized carbons (Fsp3) is 0.562. The smallest absolute Gasteiger partial charge is 0.260 e. The molecule has 1 aliphatic rings. The number of ether oxygens (including phenoxy) is 3. The second-order valence-corrected chi connectivity index (χ2v) is 5.86. The number of amides is 1. The van der Waals surface area contributed by atoms with E-state index in [2.05, 4.69) is 0 Å². The third-order valence-corrected chi connectivity index (χ3v) is 4.30. The molecule has 0 radical (unpaired) electrons. The molecule has 122 valence electrons. The number of carbonyl (C=O) groups excluding carboxylic acids is 1. The van der Waals surface area contributed by atoms with Crippen LogP contribution in [0.15, 0.2) is 18.2 Å². The summed E-state index contributed by atoms with van der Waals surface area (Å²) in [5.41, 5.74) is 0.921. The van der Waals surface area contributed by atoms with E-state index in [4.69, 9.17) is 25.8 Å². The molecule has 1 aliphatic heterocycles. The summed E-state index contributed by atoms with van der Waals surface area (Å²) in [4.78, 5) is 14.2. The summed E-state index contributed by atoms with van der Waals surface area (Å²) in [5, 5.41) is 0.682. The van der Waals surface area contributed by atoms with E-state index in [0.29, 0.717) is 23.9 Å². The lowest BCUT2D eigenvalue weighted by molar-refractivity contribution is -0.135. The predicted molar refractivity (Wildman–Crippen MR) is 84.5 cm³/mol. The van der Waals surface area contributed by atoms with Gasteiger partial charge in [-0.25, -0.2) is 0 Å². The molecule has 0 unspecified atom stereocenters. The highest BCUT2D eigenvalue weighted by molar-refractivity contribution is 6.31. The molecule has 6 heteroatoms. The first-order valence-corrected chi connectivity index (χ1v) is 7.63. The standard InChI is InChI=1S/C16H22ClNO4/c1-11-6-13(4-5-15(11)17)22-10-16(19)18-8-14(21-3)7-12(18)9-20-2/h4-6,12,14H,7-10H2,1-3H3/t12-,14+/m0/s1. The maximum absolute atomic E-state index is 12.4. The lowest BCUT2D eigenvalue weighted by atomic mass is 10.2. The van der Waals surface area contributed by atoms with E-state index in [1.807, 2.05) is 13.0 Å². The fourth-order valence-corrected chi connectivity index (χ4v) is 2.75. The number of carbonyl (C=O) groups is 1. The van der Waals surface area contributed by atoms with Gasteiger partial charge in [0.25, 0.3) is 5.91 Å². The molecule has 1 amide bonds. The molecule has 0 aromatic heterocycles. The monoisotopic (exact) mass is 327 g/mol. The van der Waals surface area contributed by atoms with Crippen LogP contribution >= 0.6 is 11.6 Å². The molecule has 5 nitrogen and oxygen atoms in total. The number of hydrogen-bond acceptors (Lipinski definition) is 4. The van der Waals surface area contributed by atoms with Crippen molar-refractivity contribution in [2.24, 2.45) is 0 Å². The van der Waals surface area contributed by atoms with Crippen LogP contribution in [0.25, 0.3) is 0 Å². The zero-order chi connectivity index (χ0) is 16.1. The Morgan fingerprint density at radius 1 is 1.41 bits per heavy atom. The zero-order valence-corrected chi connectivity index (χ0v) is 13.9. The highest BCUT2D eigenvalue weighted by Gasteiger charge is 2.35. The minimum Gasteiger partial charge on any atom is -0.484 e. The molecule has 22 heavy (non-hydrogen) atoms. The van der Waals surface area contributed by atoms with Crippen molar-refractivity contribution < 1.29 is 19.0 Å². The molecule has 1 aromatic carbocycles. The SMILES string of the molecule is COC[C@@H]1C[C@@H](OC)CN1C(=O)COc1ccc(Cl)c(C)c1. The Balaban J connectivity index is 1.94. The van der Waals surface area contributed by atoms with Gasteiger partial charge in [-0.05, 0) is 37.1 Å². The van der Waals surface area contributed by atoms with E-state index in [1.54, 1.807) is 31.3 Å². The number of benzene rings is 1. The van der Waals surface area contributed by atoms with Gasteiger partial charge in [0.2, 0.25) is 0 Å². The van der Waals surface area contributed by atoms with Crippen LogP contribution in [0.2, 0.25) is 5.02 Å². The normalized spacial score (nSPS) is 21.2. The van der Waals surface area contributed by atoms with Crippen molar-refractivity contribution in [3.05, 3.63) is 28.8 Å². The Bertz CT molecular complexity index is 523. The van der Waals surface area contributed by atoms with Crippen LogP contribution in [-0.4, -0.2) is 56.9 Å². The first kappa shape index (κ1) is 17.1. The highest BCUT2D eigenvalue weighted by atomic mass is 35.5. The minimum absolute atomic E-state index is 0.00226. The lowest BCUT2D eigenvalue weighted by Crippen LogP contribution is -2.41. The molecule has 1 heterocycles. The van der Waals surface area contributed by atoms with Gasteiger partial charge in [0.15, 0.2) is 6.61 Å². The van der Waals surface area contributed by atoms with Crippen LogP contribution in [0.3, 0.4) is 0 Å². The van der Waals surface area contributed by atoms with Gasteiger partial charge in [-0.15, -0.1) is 0 Å². The van der Waals surface area contributed by atoms with Crippen molar-refractivity contribution in [1.29, 1.82) is 0 Å². The van der Waals surface area contributed by atoms with E-state index in [1.165, 1.54) is 0 Å². The fourth-order valence-electron chi connectivity index (χ4n) is 2.64. The lowest BCUT2D eigenvalue weighted by Gasteiger charge is -2.23. The van der Waals surface area contributed by atoms with Crippen molar-refractivity contribution in [2.45, 2.75) is 25.5 Å². The molecule has 0 N–H and O–H groups in total. The van der Waals surface area contributed by atoms with Gasteiger partial charge in [0.1, 0.15) is 5.75 Å². The van der Waals surface area contributed by atoms with Gasteiger partial charge in [0.05, 0.1) is 18.8 Å². The second kappa shape index (κ2) is 7.81. The number of hydrogen-bond donors (Lipinski definition) is 0. The van der Waals surface area contributed by atoms with E-state index in [0.717, 1.165) is 12.0 Å². The first-order chi connectivity index (χ1) is 10.5. The molecular weight excluding hydrogens is 306 g/mol. The van der Waals surface area contributed by atoms with Crippen LogP contribution < -0.4 is 4.74 Å². The molecule has 0 aliphatic carbocycles. The summed E-state index contributed by atoms with van der Waals surface area (Å²) >= 11 is 5.97. The molecule has 1 fully saturated rings. The van der Waals surface area contributed by atoms with Crippen molar-refractivity contribution in [2.75, 3.05) is 34.0 Å². The van der Waals surface area contributed by atoms with Gasteiger partial charge in [-0.3, -0.25) is 4.79 Å². The Labute approximate surface area is 136 Å². The first-order valence-electron chi connectivity index (χ1n) is 7.25. The predicted octanol–water partition coefficient (Wildman–Crippen LogP) is 2.29. The minimum atomic E-state index is -0.0609. The van der Waals surface area contributed by atoms with Crippen LogP contribution in [0, 0.1) is 6.92 Å². The van der Waals surface area contributed by atoms with Crippen molar-refractivity contribution in [1.82, 2.24) is 4.90 Å². The summed E-state index contributed by atoms with van der Waals surface area (Å²) in [7, 11) is 3.30. The number of methoxy groups -OCH3 is 2. The maximum Gasteiger partial charge on any atom is 0.260 e. The van der Waals surface area contributed by atoms with Gasteiger partial charge >= 0.3 is 0 Å². The van der Waals surface area contributed by atoms with Gasteiger partial charge in [-0.2, -0.15) is 0 Å². The molecule has 2 rings (SSSR count). The van der Waals surface area contributed by atoms with Gasteiger partial charge in [0, 0.05) is 25.8 Å². The van der Waals surface area contributed by atoms with Crippen molar-refractivity contribution >= 4 is 17.5 Å². The average Bonchev–Trinajstić information content (AvgIpc) is 2.92.